The number of ether oxygens (including phenoxy) is 1. The predicted molar refractivity (Wildman–Crippen MR) is 73.9 cm³/mol. The summed E-state index contributed by atoms with van der Waals surface area (Å²) >= 11 is 0. The van der Waals surface area contributed by atoms with Crippen LogP contribution in [-0.2, 0) is 12.8 Å². The minimum atomic E-state index is 0.266. The Morgan fingerprint density at radius 3 is 2.76 bits per heavy atom. The van der Waals surface area contributed by atoms with Crippen molar-refractivity contribution in [3.8, 4) is 5.75 Å². The second-order valence-electron chi connectivity index (χ2n) is 4.92. The molecule has 1 N–H and O–H groups in total. The van der Waals surface area contributed by atoms with Gasteiger partial charge >= 0.3 is 0 Å². The van der Waals surface area contributed by atoms with Crippen LogP contribution < -0.4 is 14.7 Å². The molecule has 2 atom stereocenters. The smallest absolute Gasteiger partial charge is 0.143 e. The lowest BCUT2D eigenvalue weighted by Gasteiger charge is -2.32. The van der Waals surface area contributed by atoms with Crippen LogP contribution in [0.25, 0.3) is 0 Å². The Morgan fingerprint density at radius 1 is 1.29 bits per heavy atom. The first kappa shape index (κ1) is 11.3. The lowest BCUT2D eigenvalue weighted by molar-refractivity contribution is 0.220. The van der Waals surface area contributed by atoms with E-state index in [0.717, 1.165) is 38.2 Å². The Bertz CT molecular complexity index is 436. The molecule has 4 heteroatoms. The van der Waals surface area contributed by atoms with Crippen LogP contribution in [0.1, 0.15) is 18.1 Å². The normalized spacial score (nSPS) is 23.4. The average molecular weight is 250 g/mol. The highest BCUT2D eigenvalue weighted by Gasteiger charge is 2.22. The van der Waals surface area contributed by atoms with E-state index in [1.807, 2.05) is 0 Å². The van der Waals surface area contributed by atoms with Crippen molar-refractivity contribution in [3.63, 3.8) is 0 Å². The number of nitrogens with one attached hydrogen (secondary N) is 1. The van der Waals surface area contributed by atoms with Crippen molar-refractivity contribution in [2.45, 2.75) is 25.9 Å². The van der Waals surface area contributed by atoms with Crippen molar-refractivity contribution >= 4 is 15.1 Å². The summed E-state index contributed by atoms with van der Waals surface area (Å²) in [5.41, 5.74) is 4.13. The minimum Gasteiger partial charge on any atom is -0.487 e. The van der Waals surface area contributed by atoms with E-state index in [1.54, 1.807) is 0 Å². The van der Waals surface area contributed by atoms with E-state index in [1.165, 1.54) is 16.8 Å². The van der Waals surface area contributed by atoms with Crippen molar-refractivity contribution in [1.82, 2.24) is 5.32 Å². The highest BCUT2D eigenvalue weighted by atomic mass is 31.0. The molecule has 0 saturated heterocycles. The van der Waals surface area contributed by atoms with Gasteiger partial charge < -0.3 is 14.7 Å². The molecule has 0 radical (unpaired) electrons. The Morgan fingerprint density at radius 2 is 2.00 bits per heavy atom. The number of anilines is 1. The second kappa shape index (κ2) is 4.47. The van der Waals surface area contributed by atoms with Gasteiger partial charge in [0, 0.05) is 0 Å². The fraction of sp³-hybridized carbons (Fsp3) is 0.538. The summed E-state index contributed by atoms with van der Waals surface area (Å²) in [6.07, 6.45) is 2.50. The molecular weight excluding hydrogens is 231 g/mol. The van der Waals surface area contributed by atoms with Gasteiger partial charge in [-0.3, -0.25) is 0 Å². The Balaban J connectivity index is 2.03. The Labute approximate surface area is 105 Å². The third kappa shape index (κ3) is 2.14. The van der Waals surface area contributed by atoms with Crippen molar-refractivity contribution in [3.05, 3.63) is 23.3 Å². The highest BCUT2D eigenvalue weighted by molar-refractivity contribution is 7.19. The topological polar surface area (TPSA) is 24.5 Å². The van der Waals surface area contributed by atoms with E-state index < -0.39 is 0 Å². The molecule has 17 heavy (non-hydrogen) atoms. The molecule has 0 spiro atoms. The third-order valence-corrected chi connectivity index (χ3v) is 4.00. The quantitative estimate of drug-likeness (QED) is 0.710. The summed E-state index contributed by atoms with van der Waals surface area (Å²) in [5.74, 6) is 1.04. The van der Waals surface area contributed by atoms with E-state index in [4.69, 9.17) is 4.74 Å². The zero-order valence-corrected chi connectivity index (χ0v) is 11.4. The van der Waals surface area contributed by atoms with Gasteiger partial charge in [-0.05, 0) is 65.5 Å². The van der Waals surface area contributed by atoms with E-state index >= 15 is 0 Å². The lowest BCUT2D eigenvalue weighted by Crippen LogP contribution is -2.32. The van der Waals surface area contributed by atoms with Crippen LogP contribution in [0.5, 0.6) is 5.75 Å². The van der Waals surface area contributed by atoms with Gasteiger partial charge in [0.2, 0.25) is 0 Å². The first-order valence-electron chi connectivity index (χ1n) is 6.29. The molecule has 0 fully saturated rings. The lowest BCUT2D eigenvalue weighted by atomic mass is 10.0. The largest absolute Gasteiger partial charge is 0.487 e. The molecule has 1 aromatic rings. The molecule has 0 amide bonds. The molecule has 2 aliphatic rings. The molecule has 1 aromatic carbocycles. The van der Waals surface area contributed by atoms with Crippen LogP contribution in [0, 0.1) is 0 Å². The zero-order chi connectivity index (χ0) is 11.8. The number of fused-ring (bicyclic) bond motifs is 2. The summed E-state index contributed by atoms with van der Waals surface area (Å²) in [6, 6.07) is 4.54. The van der Waals surface area contributed by atoms with Gasteiger partial charge in [0.25, 0.3) is 0 Å². The summed E-state index contributed by atoms with van der Waals surface area (Å²) in [5, 5.41) is 3.45. The van der Waals surface area contributed by atoms with Crippen molar-refractivity contribution in [1.29, 1.82) is 0 Å². The minimum absolute atomic E-state index is 0.266. The summed E-state index contributed by atoms with van der Waals surface area (Å²) in [4.78, 5) is 0. The first-order valence-corrected chi connectivity index (χ1v) is 6.81. The number of nitrogens with zero attached hydrogens (tertiary/aromatic N) is 1. The van der Waals surface area contributed by atoms with Gasteiger partial charge in [-0.25, -0.2) is 0 Å². The molecule has 2 heterocycles. The highest BCUT2D eigenvalue weighted by Crippen LogP contribution is 2.38. The van der Waals surface area contributed by atoms with Gasteiger partial charge in [0.15, 0.2) is 0 Å². The van der Waals surface area contributed by atoms with Crippen molar-refractivity contribution in [2.24, 2.45) is 0 Å². The van der Waals surface area contributed by atoms with Gasteiger partial charge in [-0.1, -0.05) is 0 Å². The molecule has 3 rings (SSSR count). The maximum absolute atomic E-state index is 5.93. The molecule has 92 valence electrons. The molecule has 0 aliphatic carbocycles. The maximum atomic E-state index is 5.93. The molecule has 3 nitrogen and oxygen atoms in total. The Hall–Kier alpha value is -0.790. The van der Waals surface area contributed by atoms with Gasteiger partial charge in [0.1, 0.15) is 11.9 Å². The molecule has 2 aliphatic heterocycles. The number of rotatable bonds is 0. The number of hydrogen-bond donors (Lipinski definition) is 1. The second-order valence-corrected chi connectivity index (χ2v) is 5.54. The van der Waals surface area contributed by atoms with Crippen LogP contribution in [0.4, 0.5) is 5.69 Å². The number of benzene rings is 1. The SMILES string of the molecule is CC1CN(P)c2cc3c(cc2O1)CCNCC3. The summed E-state index contributed by atoms with van der Waals surface area (Å²) in [6.45, 7) is 5.22. The standard InChI is InChI=1S/C13H19N2OP/c1-9-8-15(17)12-6-10-2-4-14-5-3-11(10)7-13(12)16-9/h6-7,9,14H,2-5,8,17H2,1H3. The van der Waals surface area contributed by atoms with Crippen LogP contribution in [0.3, 0.4) is 0 Å². The van der Waals surface area contributed by atoms with Gasteiger partial charge in [-0.2, -0.15) is 0 Å². The summed E-state index contributed by atoms with van der Waals surface area (Å²) < 4.78 is 8.16. The van der Waals surface area contributed by atoms with E-state index in [9.17, 15) is 0 Å². The van der Waals surface area contributed by atoms with Crippen LogP contribution in [-0.4, -0.2) is 25.7 Å². The van der Waals surface area contributed by atoms with E-state index in [2.05, 4.69) is 38.4 Å². The van der Waals surface area contributed by atoms with Crippen LogP contribution in [0.15, 0.2) is 12.1 Å². The molecule has 0 saturated carbocycles. The van der Waals surface area contributed by atoms with Crippen molar-refractivity contribution in [2.75, 3.05) is 24.3 Å². The van der Waals surface area contributed by atoms with E-state index in [0.29, 0.717) is 0 Å². The maximum Gasteiger partial charge on any atom is 0.143 e. The van der Waals surface area contributed by atoms with Crippen LogP contribution in [0.2, 0.25) is 0 Å². The van der Waals surface area contributed by atoms with Gasteiger partial charge in [-0.15, -0.1) is 0 Å². The fourth-order valence-electron chi connectivity index (χ4n) is 2.64. The Kier molecular flexibility index (Phi) is 2.97. The van der Waals surface area contributed by atoms with E-state index in [-0.39, 0.29) is 6.10 Å². The summed E-state index contributed by atoms with van der Waals surface area (Å²) in [7, 11) is 2.80. The van der Waals surface area contributed by atoms with Crippen molar-refractivity contribution < 1.29 is 4.74 Å². The van der Waals surface area contributed by atoms with Crippen LogP contribution >= 0.6 is 9.39 Å². The molecule has 2 unspecified atom stereocenters. The van der Waals surface area contributed by atoms with Gasteiger partial charge in [0.05, 0.1) is 12.2 Å². The zero-order valence-electron chi connectivity index (χ0n) is 10.2. The third-order valence-electron chi connectivity index (χ3n) is 3.51. The first-order chi connectivity index (χ1) is 8.24. The number of hydrogen-bond acceptors (Lipinski definition) is 3. The predicted octanol–water partition coefficient (Wildman–Crippen LogP) is 1.75. The molecule has 0 aromatic heterocycles. The molecular formula is C13H19N2OP. The monoisotopic (exact) mass is 250 g/mol. The average Bonchev–Trinajstić information content (AvgIpc) is 2.51. The molecule has 0 bridgehead atoms. The fourth-order valence-corrected chi connectivity index (χ4v) is 3.14.